The van der Waals surface area contributed by atoms with E-state index in [-0.39, 0.29) is 27.1 Å². The maximum Gasteiger partial charge on any atom is 0.0240 e. The molecule has 152 valence electrons. The van der Waals surface area contributed by atoms with Crippen LogP contribution in [0.4, 0.5) is 0 Å². The van der Waals surface area contributed by atoms with Gasteiger partial charge in [0.2, 0.25) is 0 Å². The summed E-state index contributed by atoms with van der Waals surface area (Å²) in [4.78, 5) is 4.91. The number of aliphatic imine (C=N–C) groups is 1. The largest absolute Gasteiger partial charge is 0.722 e. The van der Waals surface area contributed by atoms with Crippen LogP contribution in [0.1, 0.15) is 36.0 Å². The van der Waals surface area contributed by atoms with Crippen LogP contribution in [0.25, 0.3) is 11.4 Å². The summed E-state index contributed by atoms with van der Waals surface area (Å²) in [5.41, 5.74) is 11.1. The molecule has 2 heterocycles. The minimum absolute atomic E-state index is 0. The second kappa shape index (κ2) is 7.93. The number of rotatable bonds is 3. The van der Waals surface area contributed by atoms with Crippen LogP contribution < -0.4 is 0 Å². The third kappa shape index (κ3) is 3.54. The Labute approximate surface area is 192 Å². The molecule has 3 heteroatoms. The van der Waals surface area contributed by atoms with Gasteiger partial charge in [-0.3, -0.25) is 0 Å². The van der Waals surface area contributed by atoms with Crippen molar-refractivity contribution in [3.05, 3.63) is 123 Å². The van der Waals surface area contributed by atoms with E-state index >= 15 is 0 Å². The van der Waals surface area contributed by atoms with E-state index in [0.717, 1.165) is 48.4 Å². The van der Waals surface area contributed by atoms with Crippen molar-refractivity contribution in [1.29, 1.82) is 0 Å². The van der Waals surface area contributed by atoms with Crippen LogP contribution in [-0.4, -0.2) is 11.8 Å². The van der Waals surface area contributed by atoms with Crippen molar-refractivity contribution >= 4 is 11.8 Å². The standard InChI is InChI=1S/C27H21N2.Pt/c1-3-18-7-9-22(15-20(18)5-1)26-13-11-24(28-26)17-25-12-14-27(29-25)23-10-8-19-4-2-6-21(19)16-23;/h1-4,7-9,11-13,15-16,24H,5-6,14,17H2;/q-3;. The van der Waals surface area contributed by atoms with Crippen LogP contribution in [0.15, 0.2) is 93.8 Å². The normalized spacial score (nSPS) is 25.0. The summed E-state index contributed by atoms with van der Waals surface area (Å²) in [5.74, 6) is 0. The Kier molecular flexibility index (Phi) is 5.13. The zero-order chi connectivity index (χ0) is 19.2. The first-order valence-corrected chi connectivity index (χ1v) is 10.4. The smallest absolute Gasteiger partial charge is 0.0240 e. The van der Waals surface area contributed by atoms with Crippen LogP contribution in [0.5, 0.6) is 0 Å². The molecule has 6 rings (SSSR count). The Morgan fingerprint density at radius 1 is 1.13 bits per heavy atom. The Bertz CT molecular complexity index is 1150. The molecule has 30 heavy (non-hydrogen) atoms. The van der Waals surface area contributed by atoms with Crippen LogP contribution in [0, 0.1) is 12.5 Å². The number of nitrogens with zero attached hydrogens (tertiary/aromatic N) is 2. The molecule has 0 saturated heterocycles. The maximum absolute atomic E-state index is 4.95. The van der Waals surface area contributed by atoms with Crippen LogP contribution in [0.3, 0.4) is 0 Å². The number of fused-ring (bicyclic) bond motifs is 2. The molecule has 0 saturated carbocycles. The summed E-state index contributed by atoms with van der Waals surface area (Å²) in [5, 5.41) is 4.95. The molecule has 1 aromatic rings. The number of benzene rings is 1. The van der Waals surface area contributed by atoms with Gasteiger partial charge < -0.3 is 10.3 Å². The second-order valence-corrected chi connectivity index (χ2v) is 8.06. The van der Waals surface area contributed by atoms with Crippen molar-refractivity contribution in [2.45, 2.75) is 31.7 Å². The van der Waals surface area contributed by atoms with Gasteiger partial charge in [0.05, 0.1) is 0 Å². The maximum atomic E-state index is 4.95. The van der Waals surface area contributed by atoms with Crippen molar-refractivity contribution in [3.8, 4) is 0 Å². The summed E-state index contributed by atoms with van der Waals surface area (Å²) >= 11 is 0. The first kappa shape index (κ1) is 19.4. The molecule has 5 aliphatic rings. The number of hydrogen-bond acceptors (Lipinski definition) is 1. The molecule has 0 N–H and O–H groups in total. The molecular weight excluding hydrogens is 547 g/mol. The van der Waals surface area contributed by atoms with Crippen molar-refractivity contribution in [2.75, 3.05) is 0 Å². The van der Waals surface area contributed by atoms with E-state index in [0.29, 0.717) is 0 Å². The van der Waals surface area contributed by atoms with Gasteiger partial charge in [0.1, 0.15) is 0 Å². The molecule has 0 spiro atoms. The first-order chi connectivity index (χ1) is 14.3. The fourth-order valence-corrected chi connectivity index (χ4v) is 4.52. The monoisotopic (exact) mass is 568 g/mol. The topological polar surface area (TPSA) is 26.5 Å². The zero-order valence-electron chi connectivity index (χ0n) is 16.5. The molecule has 1 aromatic carbocycles. The van der Waals surface area contributed by atoms with E-state index in [2.05, 4.69) is 79.3 Å². The van der Waals surface area contributed by atoms with Gasteiger partial charge in [0.25, 0.3) is 0 Å². The van der Waals surface area contributed by atoms with Gasteiger partial charge in [-0.2, -0.15) is 5.57 Å². The van der Waals surface area contributed by atoms with Crippen LogP contribution in [0.2, 0.25) is 0 Å². The summed E-state index contributed by atoms with van der Waals surface area (Å²) in [7, 11) is 0. The van der Waals surface area contributed by atoms with E-state index in [9.17, 15) is 0 Å². The predicted molar refractivity (Wildman–Crippen MR) is 119 cm³/mol. The molecule has 2 aliphatic heterocycles. The van der Waals surface area contributed by atoms with E-state index in [1.54, 1.807) is 0 Å². The Morgan fingerprint density at radius 2 is 2.07 bits per heavy atom. The van der Waals surface area contributed by atoms with Crippen molar-refractivity contribution in [1.82, 2.24) is 0 Å². The number of allylic oxidation sites excluding steroid dienone is 10. The molecular formula is C27H21N2Pt-3. The van der Waals surface area contributed by atoms with Crippen molar-refractivity contribution in [3.63, 3.8) is 0 Å². The Morgan fingerprint density at radius 3 is 3.03 bits per heavy atom. The molecule has 2 nitrogen and oxygen atoms in total. The fourth-order valence-electron chi connectivity index (χ4n) is 4.52. The van der Waals surface area contributed by atoms with Gasteiger partial charge >= 0.3 is 0 Å². The number of hydrogen-bond donors (Lipinski definition) is 0. The SMILES string of the molecule is [Pt].[c-]1cc2c(cc1C1=NC(CC3C=CC(=C4C=C5CC=CC5=C[CH-]4)[N-]3)=CC1)CC=C2. The molecule has 0 aromatic heterocycles. The average Bonchev–Trinajstić information content (AvgIpc) is 3.53. The molecule has 0 bridgehead atoms. The fraction of sp³-hybridized carbons (Fsp3) is 0.185. The summed E-state index contributed by atoms with van der Waals surface area (Å²) in [6.45, 7) is 0. The third-order valence-electron chi connectivity index (χ3n) is 6.10. The molecule has 3 aliphatic carbocycles. The van der Waals surface area contributed by atoms with Gasteiger partial charge in [-0.05, 0) is 31.4 Å². The zero-order valence-corrected chi connectivity index (χ0v) is 18.8. The Balaban J connectivity index is 0.00000193. The van der Waals surface area contributed by atoms with E-state index in [1.165, 1.54) is 27.8 Å². The van der Waals surface area contributed by atoms with Gasteiger partial charge in [-0.25, -0.2) is 5.70 Å². The van der Waals surface area contributed by atoms with Crippen molar-refractivity contribution < 1.29 is 21.1 Å². The molecule has 1 unspecified atom stereocenters. The minimum Gasteiger partial charge on any atom is -0.722 e. The molecule has 0 radical (unpaired) electrons. The Hall–Kier alpha value is -2.57. The van der Waals surface area contributed by atoms with Gasteiger partial charge in [-0.1, -0.05) is 18.2 Å². The summed E-state index contributed by atoms with van der Waals surface area (Å²) in [6, 6.07) is 7.94. The summed E-state index contributed by atoms with van der Waals surface area (Å²) in [6.07, 6.45) is 25.9. The van der Waals surface area contributed by atoms with E-state index < -0.39 is 0 Å². The van der Waals surface area contributed by atoms with Crippen molar-refractivity contribution in [2.24, 2.45) is 4.99 Å². The quantitative estimate of drug-likeness (QED) is 0.393. The van der Waals surface area contributed by atoms with E-state index in [1.807, 2.05) is 0 Å². The van der Waals surface area contributed by atoms with Crippen LogP contribution >= 0.6 is 0 Å². The van der Waals surface area contributed by atoms with E-state index in [4.69, 9.17) is 10.3 Å². The third-order valence-corrected chi connectivity index (χ3v) is 6.10. The second-order valence-electron chi connectivity index (χ2n) is 8.06. The van der Waals surface area contributed by atoms with Crippen LogP contribution in [-0.2, 0) is 27.5 Å². The first-order valence-electron chi connectivity index (χ1n) is 10.4. The van der Waals surface area contributed by atoms with Gasteiger partial charge in [-0.15, -0.1) is 95.0 Å². The average molecular weight is 569 g/mol. The van der Waals surface area contributed by atoms with Gasteiger partial charge in [0, 0.05) is 26.8 Å². The summed E-state index contributed by atoms with van der Waals surface area (Å²) < 4.78 is 0. The molecule has 0 amide bonds. The molecule has 0 fully saturated rings. The minimum atomic E-state index is 0. The predicted octanol–water partition coefficient (Wildman–Crippen LogP) is 6.12. The van der Waals surface area contributed by atoms with Gasteiger partial charge in [0.15, 0.2) is 0 Å². The molecule has 1 atom stereocenters.